The minimum absolute atomic E-state index is 0.164. The lowest BCUT2D eigenvalue weighted by molar-refractivity contribution is 0.137. The van der Waals surface area contributed by atoms with Crippen molar-refractivity contribution < 1.29 is 8.78 Å². The van der Waals surface area contributed by atoms with Crippen LogP contribution in [0.2, 0.25) is 0 Å². The van der Waals surface area contributed by atoms with Gasteiger partial charge in [-0.1, -0.05) is 61.9 Å². The fraction of sp³-hybridized carbons (Fsp3) is 0.333. The first-order valence-electron chi connectivity index (χ1n) is 11.0. The van der Waals surface area contributed by atoms with Crippen molar-refractivity contribution in [1.82, 2.24) is 29.8 Å². The van der Waals surface area contributed by atoms with E-state index in [0.717, 1.165) is 22.3 Å². The molecule has 0 aliphatic rings. The van der Waals surface area contributed by atoms with Crippen LogP contribution in [-0.4, -0.2) is 29.8 Å². The number of alkyl halides is 2. The molecule has 0 saturated heterocycles. The highest BCUT2D eigenvalue weighted by molar-refractivity contribution is 5.80. The van der Waals surface area contributed by atoms with Gasteiger partial charge in [0, 0.05) is 17.3 Å². The number of hydrogen-bond acceptors (Lipinski definition) is 4. The molecule has 0 spiro atoms. The Kier molecular flexibility index (Phi) is 6.48. The van der Waals surface area contributed by atoms with Crippen LogP contribution in [0, 0.1) is 0 Å². The zero-order valence-corrected chi connectivity index (χ0v) is 18.8. The summed E-state index contributed by atoms with van der Waals surface area (Å²) in [7, 11) is 0. The number of aromatic amines is 1. The highest BCUT2D eigenvalue weighted by Crippen LogP contribution is 2.30. The van der Waals surface area contributed by atoms with E-state index in [9.17, 15) is 13.6 Å². The first-order chi connectivity index (χ1) is 15.9. The van der Waals surface area contributed by atoms with Crippen molar-refractivity contribution in [2.24, 2.45) is 0 Å². The number of nitrogens with zero attached hydrogens (tertiary/aromatic N) is 5. The molecule has 0 aliphatic heterocycles. The lowest BCUT2D eigenvalue weighted by Crippen LogP contribution is -2.27. The van der Waals surface area contributed by atoms with Crippen LogP contribution in [0.25, 0.3) is 22.5 Å². The summed E-state index contributed by atoms with van der Waals surface area (Å²) in [6, 6.07) is 15.2. The zero-order chi connectivity index (χ0) is 23.5. The number of rotatable bonds is 8. The highest BCUT2D eigenvalue weighted by atomic mass is 19.3. The molecule has 4 aromatic rings. The van der Waals surface area contributed by atoms with Crippen LogP contribution in [0.5, 0.6) is 0 Å². The van der Waals surface area contributed by atoms with Gasteiger partial charge in [-0.2, -0.15) is 0 Å². The molecule has 0 atom stereocenters. The molecule has 0 aliphatic carbocycles. The normalized spacial score (nSPS) is 11.6. The van der Waals surface area contributed by atoms with Crippen molar-refractivity contribution >= 4 is 0 Å². The quantitative estimate of drug-likeness (QED) is 0.407. The van der Waals surface area contributed by atoms with E-state index in [4.69, 9.17) is 0 Å². The second-order valence-corrected chi connectivity index (χ2v) is 8.21. The molecule has 0 radical (unpaired) electrons. The number of nitrogens with one attached hydrogen (secondary N) is 1. The first kappa shape index (κ1) is 22.6. The Labute approximate surface area is 190 Å². The van der Waals surface area contributed by atoms with Gasteiger partial charge >= 0.3 is 5.69 Å². The summed E-state index contributed by atoms with van der Waals surface area (Å²) < 4.78 is 30.5. The Hall–Kier alpha value is -3.62. The van der Waals surface area contributed by atoms with Crippen molar-refractivity contribution in [3.8, 4) is 22.5 Å². The van der Waals surface area contributed by atoms with Gasteiger partial charge < -0.3 is 0 Å². The molecule has 172 valence electrons. The topological polar surface area (TPSA) is 81.4 Å². The maximum absolute atomic E-state index is 13.9. The maximum atomic E-state index is 13.9. The van der Waals surface area contributed by atoms with Crippen molar-refractivity contribution in [2.75, 3.05) is 0 Å². The lowest BCUT2D eigenvalue weighted by atomic mass is 9.98. The fourth-order valence-electron chi connectivity index (χ4n) is 4.21. The van der Waals surface area contributed by atoms with E-state index in [1.807, 2.05) is 55.5 Å². The third-order valence-electron chi connectivity index (χ3n) is 5.66. The average molecular weight is 453 g/mol. The van der Waals surface area contributed by atoms with Crippen LogP contribution in [-0.2, 0) is 13.0 Å². The van der Waals surface area contributed by atoms with Crippen LogP contribution in [0.1, 0.15) is 56.6 Å². The Balaban J connectivity index is 1.70. The van der Waals surface area contributed by atoms with Crippen LogP contribution in [0.4, 0.5) is 8.78 Å². The first-order valence-corrected chi connectivity index (χ1v) is 11.0. The minimum Gasteiger partial charge on any atom is -0.291 e. The number of benzene rings is 2. The number of H-pyrrole nitrogens is 1. The molecule has 0 saturated carbocycles. The third kappa shape index (κ3) is 4.35. The second kappa shape index (κ2) is 9.48. The summed E-state index contributed by atoms with van der Waals surface area (Å²) in [5.74, 6) is 0.569. The van der Waals surface area contributed by atoms with E-state index in [2.05, 4.69) is 20.6 Å². The summed E-state index contributed by atoms with van der Waals surface area (Å²) >= 11 is 0. The zero-order valence-electron chi connectivity index (χ0n) is 18.8. The van der Waals surface area contributed by atoms with Gasteiger partial charge in [0.25, 0.3) is 6.43 Å². The van der Waals surface area contributed by atoms with Crippen molar-refractivity contribution in [3.63, 3.8) is 0 Å². The lowest BCUT2D eigenvalue weighted by Gasteiger charge is -2.12. The van der Waals surface area contributed by atoms with Gasteiger partial charge in [0.05, 0.1) is 6.54 Å². The molecule has 2 aromatic carbocycles. The molecule has 4 rings (SSSR count). The molecule has 0 bridgehead atoms. The van der Waals surface area contributed by atoms with E-state index < -0.39 is 12.1 Å². The summed E-state index contributed by atoms with van der Waals surface area (Å²) in [4.78, 5) is 13.1. The molecule has 9 heteroatoms. The van der Waals surface area contributed by atoms with E-state index >= 15 is 0 Å². The molecule has 1 N–H and O–H groups in total. The molecule has 33 heavy (non-hydrogen) atoms. The van der Waals surface area contributed by atoms with E-state index in [1.165, 1.54) is 9.13 Å². The summed E-state index contributed by atoms with van der Waals surface area (Å²) in [5.41, 5.74) is 3.50. The van der Waals surface area contributed by atoms with Gasteiger partial charge in [0.2, 0.25) is 0 Å². The van der Waals surface area contributed by atoms with E-state index in [0.29, 0.717) is 24.4 Å². The molecule has 0 amide bonds. The molecule has 0 fully saturated rings. The number of tetrazole rings is 1. The van der Waals surface area contributed by atoms with Gasteiger partial charge in [-0.15, -0.1) is 5.10 Å². The summed E-state index contributed by atoms with van der Waals surface area (Å²) in [6.45, 7) is 5.67. The van der Waals surface area contributed by atoms with E-state index in [1.54, 1.807) is 13.8 Å². The van der Waals surface area contributed by atoms with Gasteiger partial charge in [0.1, 0.15) is 5.69 Å². The number of hydrogen-bond donors (Lipinski definition) is 1. The number of aromatic nitrogens is 6. The van der Waals surface area contributed by atoms with E-state index in [-0.39, 0.29) is 18.3 Å². The van der Waals surface area contributed by atoms with Gasteiger partial charge in [-0.05, 0) is 47.4 Å². The molecule has 2 heterocycles. The average Bonchev–Trinajstić information content (AvgIpc) is 3.43. The summed E-state index contributed by atoms with van der Waals surface area (Å²) in [6.07, 6.45) is -1.61. The molecule has 2 aromatic heterocycles. The van der Waals surface area contributed by atoms with Crippen molar-refractivity contribution in [2.45, 2.75) is 52.6 Å². The van der Waals surface area contributed by atoms with Gasteiger partial charge in [-0.3, -0.25) is 9.13 Å². The maximum Gasteiger partial charge on any atom is 0.329 e. The number of halogens is 2. The highest BCUT2D eigenvalue weighted by Gasteiger charge is 2.27. The Morgan fingerprint density at radius 3 is 2.30 bits per heavy atom. The van der Waals surface area contributed by atoms with Crippen LogP contribution in [0.3, 0.4) is 0 Å². The van der Waals surface area contributed by atoms with Crippen LogP contribution < -0.4 is 5.69 Å². The smallest absolute Gasteiger partial charge is 0.291 e. The Morgan fingerprint density at radius 1 is 1.03 bits per heavy atom. The predicted octanol–water partition coefficient (Wildman–Crippen LogP) is 5.02. The third-order valence-corrected chi connectivity index (χ3v) is 5.66. The largest absolute Gasteiger partial charge is 0.329 e. The van der Waals surface area contributed by atoms with Crippen LogP contribution >= 0.6 is 0 Å². The van der Waals surface area contributed by atoms with Crippen LogP contribution in [0.15, 0.2) is 53.3 Å². The molecule has 7 nitrogen and oxygen atoms in total. The van der Waals surface area contributed by atoms with Crippen molar-refractivity contribution in [1.29, 1.82) is 0 Å². The predicted molar refractivity (Wildman–Crippen MR) is 122 cm³/mol. The van der Waals surface area contributed by atoms with Gasteiger partial charge in [-0.25, -0.2) is 18.7 Å². The number of imidazole rings is 1. The van der Waals surface area contributed by atoms with Gasteiger partial charge in [0.15, 0.2) is 5.82 Å². The molecular formula is C24H26F2N6O. The second-order valence-electron chi connectivity index (χ2n) is 8.21. The molecular weight excluding hydrogens is 426 g/mol. The SMILES string of the molecule is CCCc1c(C(F)F)n(C(C)C)c(=O)n1Cc1ccc(-c2ccccc2-c2nnn[nH]2)cc1. The summed E-state index contributed by atoms with van der Waals surface area (Å²) in [5, 5.41) is 14.1. The monoisotopic (exact) mass is 452 g/mol. The Bertz CT molecular complexity index is 1270. The minimum atomic E-state index is -2.70. The molecule has 0 unspecified atom stereocenters. The Morgan fingerprint density at radius 2 is 1.73 bits per heavy atom. The van der Waals surface area contributed by atoms with Crippen molar-refractivity contribution in [3.05, 3.63) is 76.0 Å². The fourth-order valence-corrected chi connectivity index (χ4v) is 4.21. The standard InChI is InChI=1S/C24H26F2N6O/c1-4-7-20-21(22(25)26)32(15(2)3)24(33)31(20)14-16-10-12-17(13-11-16)18-8-5-6-9-19(18)23-27-29-30-28-23/h5-6,8-13,15,22H,4,7,14H2,1-3H3,(H,27,28,29,30).